The quantitative estimate of drug-likeness (QED) is 0.727. The van der Waals surface area contributed by atoms with Crippen molar-refractivity contribution in [2.45, 2.75) is 15.2 Å². The van der Waals surface area contributed by atoms with Gasteiger partial charge in [0, 0.05) is 0 Å². The van der Waals surface area contributed by atoms with Crippen LogP contribution in [-0.4, -0.2) is 0 Å². The predicted molar refractivity (Wildman–Crippen MR) is 66.2 cm³/mol. The van der Waals surface area contributed by atoms with Crippen LogP contribution in [0, 0.1) is 0 Å². The molecule has 1 unspecified atom stereocenters. The fraction of sp³-hybridized carbons (Fsp3) is 0.200. The molecule has 16 heavy (non-hydrogen) atoms. The van der Waals surface area contributed by atoms with E-state index in [1.807, 2.05) is 0 Å². The number of allylic oxidation sites excluding steroid dienone is 1. The van der Waals surface area contributed by atoms with E-state index in [0.717, 1.165) is 3.63 Å². The third-order valence-electron chi connectivity index (χ3n) is 3.43. The van der Waals surface area contributed by atoms with E-state index >= 15 is 0 Å². The SMILES string of the molecule is [CH3][Zr][CH]1C(C)=Cc2c1ccc1ccccc21. The maximum atomic E-state index is 2.44. The molecule has 0 fully saturated rings. The number of rotatable bonds is 1. The van der Waals surface area contributed by atoms with Gasteiger partial charge in [0.05, 0.1) is 0 Å². The molecule has 0 bridgehead atoms. The van der Waals surface area contributed by atoms with E-state index in [1.54, 1.807) is 11.1 Å². The molecule has 0 heterocycles. The van der Waals surface area contributed by atoms with Crippen molar-refractivity contribution >= 4 is 16.8 Å². The Morgan fingerprint density at radius 1 is 1.06 bits per heavy atom. The van der Waals surface area contributed by atoms with Gasteiger partial charge >= 0.3 is 108 Å². The monoisotopic (exact) mass is 284 g/mol. The van der Waals surface area contributed by atoms with Crippen molar-refractivity contribution in [3.8, 4) is 0 Å². The van der Waals surface area contributed by atoms with Crippen molar-refractivity contribution in [2.75, 3.05) is 0 Å². The summed E-state index contributed by atoms with van der Waals surface area (Å²) in [5, 5.41) is 2.79. The van der Waals surface area contributed by atoms with Crippen LogP contribution in [0.15, 0.2) is 42.0 Å². The summed E-state index contributed by atoms with van der Waals surface area (Å²) in [5.41, 5.74) is 4.66. The second-order valence-electron chi connectivity index (χ2n) is 4.40. The van der Waals surface area contributed by atoms with Gasteiger partial charge in [-0.2, -0.15) is 0 Å². The molecule has 0 radical (unpaired) electrons. The molecule has 1 atom stereocenters. The maximum absolute atomic E-state index is 2.44. The molecule has 1 aliphatic rings. The van der Waals surface area contributed by atoms with Crippen LogP contribution >= 0.6 is 0 Å². The van der Waals surface area contributed by atoms with Crippen molar-refractivity contribution in [1.29, 1.82) is 0 Å². The zero-order chi connectivity index (χ0) is 11.1. The first-order valence-electron chi connectivity index (χ1n) is 5.68. The summed E-state index contributed by atoms with van der Waals surface area (Å²) in [7, 11) is 0. The van der Waals surface area contributed by atoms with E-state index in [9.17, 15) is 0 Å². The van der Waals surface area contributed by atoms with Gasteiger partial charge in [-0.15, -0.1) is 0 Å². The molecule has 0 nitrogen and oxygen atoms in total. The number of benzene rings is 2. The standard InChI is InChI=1S/C14H11.CH3.Zr/c1-10-8-12-7-6-11-4-2-3-5-13(11)14(12)9-10;;/h2-9H,1H3;1H3;. The second kappa shape index (κ2) is 3.96. The van der Waals surface area contributed by atoms with E-state index in [2.05, 4.69) is 54.0 Å². The minimum atomic E-state index is -0.270. The molecule has 0 saturated carbocycles. The van der Waals surface area contributed by atoms with Crippen molar-refractivity contribution in [3.63, 3.8) is 0 Å². The Labute approximate surface area is 108 Å². The van der Waals surface area contributed by atoms with Crippen LogP contribution in [0.5, 0.6) is 0 Å². The van der Waals surface area contributed by atoms with Crippen LogP contribution < -0.4 is 0 Å². The van der Waals surface area contributed by atoms with Gasteiger partial charge < -0.3 is 0 Å². The predicted octanol–water partition coefficient (Wildman–Crippen LogP) is 4.43. The number of hydrogen-bond donors (Lipinski definition) is 0. The van der Waals surface area contributed by atoms with Gasteiger partial charge in [-0.3, -0.25) is 0 Å². The molecule has 78 valence electrons. The fourth-order valence-electron chi connectivity index (χ4n) is 2.66. The van der Waals surface area contributed by atoms with Gasteiger partial charge in [-0.05, 0) is 0 Å². The molecule has 1 heteroatoms. The second-order valence-corrected chi connectivity index (χ2v) is 7.24. The normalized spacial score (nSPS) is 18.4. The molecule has 0 aliphatic heterocycles. The van der Waals surface area contributed by atoms with E-state index in [-0.39, 0.29) is 23.2 Å². The molecule has 0 N–H and O–H groups in total. The van der Waals surface area contributed by atoms with Crippen molar-refractivity contribution < 1.29 is 23.2 Å². The Morgan fingerprint density at radius 3 is 2.69 bits per heavy atom. The zero-order valence-corrected chi connectivity index (χ0v) is 12.1. The molecule has 3 rings (SSSR count). The summed E-state index contributed by atoms with van der Waals surface area (Å²) in [4.78, 5) is 0. The van der Waals surface area contributed by atoms with Crippen molar-refractivity contribution in [1.82, 2.24) is 0 Å². The summed E-state index contributed by atoms with van der Waals surface area (Å²) in [5.74, 6) is 0. The molecular weight excluding hydrogens is 271 g/mol. The average Bonchev–Trinajstić information content (AvgIpc) is 2.65. The molecule has 2 aromatic carbocycles. The van der Waals surface area contributed by atoms with Crippen LogP contribution in [0.1, 0.15) is 21.7 Å². The first-order chi connectivity index (χ1) is 7.81. The molecule has 0 spiro atoms. The van der Waals surface area contributed by atoms with E-state index in [4.69, 9.17) is 0 Å². The van der Waals surface area contributed by atoms with Gasteiger partial charge in [0.15, 0.2) is 0 Å². The van der Waals surface area contributed by atoms with Crippen LogP contribution in [0.4, 0.5) is 0 Å². The molecule has 1 aliphatic carbocycles. The van der Waals surface area contributed by atoms with Gasteiger partial charge in [0.25, 0.3) is 0 Å². The molecule has 0 aromatic heterocycles. The van der Waals surface area contributed by atoms with E-state index in [0.29, 0.717) is 0 Å². The minimum absolute atomic E-state index is 0.270. The van der Waals surface area contributed by atoms with Crippen molar-refractivity contribution in [2.24, 2.45) is 0 Å². The summed E-state index contributed by atoms with van der Waals surface area (Å²) in [6, 6.07) is 13.3. The summed E-state index contributed by atoms with van der Waals surface area (Å²) in [6.45, 7) is 2.30. The van der Waals surface area contributed by atoms with Crippen LogP contribution in [-0.2, 0) is 23.2 Å². The average molecular weight is 286 g/mol. The molecular formula is C15H14Zr. The Kier molecular flexibility index (Phi) is 2.60. The Bertz CT molecular complexity index is 581. The zero-order valence-electron chi connectivity index (χ0n) is 9.62. The molecule has 0 saturated heterocycles. The summed E-state index contributed by atoms with van der Waals surface area (Å²) in [6.07, 6.45) is 2.41. The van der Waals surface area contributed by atoms with Crippen LogP contribution in [0.3, 0.4) is 0 Å². The van der Waals surface area contributed by atoms with Gasteiger partial charge in [0.2, 0.25) is 0 Å². The first-order valence-corrected chi connectivity index (χ1v) is 9.56. The summed E-state index contributed by atoms with van der Waals surface area (Å²) < 4.78 is 3.25. The Balaban J connectivity index is 2.33. The van der Waals surface area contributed by atoms with Crippen molar-refractivity contribution in [3.05, 3.63) is 53.1 Å². The molecule has 2 aromatic rings. The number of fused-ring (bicyclic) bond motifs is 3. The van der Waals surface area contributed by atoms with E-state index in [1.165, 1.54) is 16.3 Å². The van der Waals surface area contributed by atoms with Crippen LogP contribution in [0.25, 0.3) is 16.8 Å². The van der Waals surface area contributed by atoms with E-state index < -0.39 is 0 Å². The topological polar surface area (TPSA) is 0 Å². The van der Waals surface area contributed by atoms with Gasteiger partial charge in [-0.25, -0.2) is 0 Å². The van der Waals surface area contributed by atoms with Gasteiger partial charge in [0.1, 0.15) is 0 Å². The van der Waals surface area contributed by atoms with Crippen LogP contribution in [0.2, 0.25) is 4.63 Å². The first kappa shape index (κ1) is 10.5. The Morgan fingerprint density at radius 2 is 1.88 bits per heavy atom. The fourth-order valence-corrected chi connectivity index (χ4v) is 5.37. The number of hydrogen-bond acceptors (Lipinski definition) is 0. The third kappa shape index (κ3) is 1.45. The third-order valence-corrected chi connectivity index (χ3v) is 6.73. The Hall–Kier alpha value is -0.677. The molecule has 0 amide bonds. The summed E-state index contributed by atoms with van der Waals surface area (Å²) >= 11 is -0.270. The van der Waals surface area contributed by atoms with Gasteiger partial charge in [-0.1, -0.05) is 0 Å².